The predicted octanol–water partition coefficient (Wildman–Crippen LogP) is 5.37. The number of rotatable bonds is 5. The van der Waals surface area contributed by atoms with E-state index in [2.05, 4.69) is 6.92 Å². The summed E-state index contributed by atoms with van der Waals surface area (Å²) in [7, 11) is 0. The van der Waals surface area contributed by atoms with Gasteiger partial charge in [0.1, 0.15) is 0 Å². The quantitative estimate of drug-likeness (QED) is 0.769. The molecule has 0 bridgehead atoms. The van der Waals surface area contributed by atoms with E-state index in [4.69, 9.17) is 11.6 Å². The summed E-state index contributed by atoms with van der Waals surface area (Å²) in [6, 6.07) is 7.70. The third-order valence-electron chi connectivity index (χ3n) is 4.53. The fourth-order valence-electron chi connectivity index (χ4n) is 3.25. The van der Waals surface area contributed by atoms with Crippen molar-refractivity contribution in [2.45, 2.75) is 58.0 Å². The van der Waals surface area contributed by atoms with Crippen molar-refractivity contribution in [1.82, 2.24) is 0 Å². The van der Waals surface area contributed by atoms with Crippen molar-refractivity contribution in [2.24, 2.45) is 11.8 Å². The standard InChI is InChI=1S/C17H25ClO/c1-2-3-6-13-9-11-14(12-10-13)17(19)15-7-4-5-8-16(15)18/h4-5,7-8,13-14,17,19H,2-3,6,9-12H2,1H3. The molecule has 0 amide bonds. The summed E-state index contributed by atoms with van der Waals surface area (Å²) in [5, 5.41) is 11.2. The molecule has 0 radical (unpaired) electrons. The lowest BCUT2D eigenvalue weighted by Crippen LogP contribution is -2.20. The Kier molecular flexibility index (Phi) is 5.72. The van der Waals surface area contributed by atoms with Crippen LogP contribution in [-0.4, -0.2) is 5.11 Å². The van der Waals surface area contributed by atoms with Gasteiger partial charge in [0, 0.05) is 5.02 Å². The van der Waals surface area contributed by atoms with Gasteiger partial charge in [-0.15, -0.1) is 0 Å². The lowest BCUT2D eigenvalue weighted by Gasteiger charge is -2.32. The molecule has 1 aromatic rings. The van der Waals surface area contributed by atoms with Gasteiger partial charge in [-0.2, -0.15) is 0 Å². The number of benzene rings is 1. The largest absolute Gasteiger partial charge is 0.388 e. The molecule has 1 unspecified atom stereocenters. The fourth-order valence-corrected chi connectivity index (χ4v) is 3.50. The Labute approximate surface area is 122 Å². The van der Waals surface area contributed by atoms with Gasteiger partial charge in [0.25, 0.3) is 0 Å². The maximum Gasteiger partial charge on any atom is 0.0832 e. The van der Waals surface area contributed by atoms with E-state index >= 15 is 0 Å². The van der Waals surface area contributed by atoms with Gasteiger partial charge in [-0.3, -0.25) is 0 Å². The molecule has 1 aliphatic carbocycles. The first-order valence-electron chi connectivity index (χ1n) is 7.64. The molecule has 0 spiro atoms. The number of halogens is 1. The molecular weight excluding hydrogens is 256 g/mol. The monoisotopic (exact) mass is 280 g/mol. The highest BCUT2D eigenvalue weighted by atomic mass is 35.5. The summed E-state index contributed by atoms with van der Waals surface area (Å²) < 4.78 is 0. The molecule has 1 nitrogen and oxygen atoms in total. The van der Waals surface area contributed by atoms with Gasteiger partial charge in [0.15, 0.2) is 0 Å². The van der Waals surface area contributed by atoms with Crippen molar-refractivity contribution in [3.05, 3.63) is 34.9 Å². The average Bonchev–Trinajstić information content (AvgIpc) is 2.45. The first-order chi connectivity index (χ1) is 9.22. The minimum absolute atomic E-state index is 0.387. The van der Waals surface area contributed by atoms with Crippen LogP contribution in [0.3, 0.4) is 0 Å². The number of aliphatic hydroxyl groups is 1. The molecule has 1 atom stereocenters. The second-order valence-electron chi connectivity index (χ2n) is 5.89. The Balaban J connectivity index is 1.89. The summed E-state index contributed by atoms with van der Waals surface area (Å²) in [5.41, 5.74) is 0.904. The molecule has 2 heteroatoms. The summed E-state index contributed by atoms with van der Waals surface area (Å²) >= 11 is 6.18. The Hall–Kier alpha value is -0.530. The van der Waals surface area contributed by atoms with Gasteiger partial charge in [-0.1, -0.05) is 68.8 Å². The van der Waals surface area contributed by atoms with Crippen LogP contribution in [-0.2, 0) is 0 Å². The molecule has 1 aromatic carbocycles. The molecule has 0 aliphatic heterocycles. The fraction of sp³-hybridized carbons (Fsp3) is 0.647. The molecule has 1 saturated carbocycles. The highest BCUT2D eigenvalue weighted by Gasteiger charge is 2.27. The van der Waals surface area contributed by atoms with E-state index in [1.54, 1.807) is 0 Å². The molecule has 0 heterocycles. The summed E-state index contributed by atoms with van der Waals surface area (Å²) in [6.45, 7) is 2.26. The smallest absolute Gasteiger partial charge is 0.0832 e. The molecule has 1 N–H and O–H groups in total. The van der Waals surface area contributed by atoms with Crippen molar-refractivity contribution in [1.29, 1.82) is 0 Å². The number of hydrogen-bond acceptors (Lipinski definition) is 1. The van der Waals surface area contributed by atoms with E-state index in [0.29, 0.717) is 10.9 Å². The van der Waals surface area contributed by atoms with Crippen LogP contribution in [0.25, 0.3) is 0 Å². The second kappa shape index (κ2) is 7.31. The van der Waals surface area contributed by atoms with Gasteiger partial charge in [-0.25, -0.2) is 0 Å². The first-order valence-corrected chi connectivity index (χ1v) is 8.02. The number of aliphatic hydroxyl groups excluding tert-OH is 1. The first kappa shape index (κ1) is 14.9. The van der Waals surface area contributed by atoms with Gasteiger partial charge < -0.3 is 5.11 Å². The van der Waals surface area contributed by atoms with Crippen molar-refractivity contribution in [3.63, 3.8) is 0 Å². The lowest BCUT2D eigenvalue weighted by atomic mass is 9.76. The molecule has 1 aliphatic rings. The highest BCUT2D eigenvalue weighted by Crippen LogP contribution is 2.39. The van der Waals surface area contributed by atoms with E-state index in [9.17, 15) is 5.11 Å². The summed E-state index contributed by atoms with van der Waals surface area (Å²) in [5.74, 6) is 1.27. The van der Waals surface area contributed by atoms with Crippen LogP contribution in [0.2, 0.25) is 5.02 Å². The average molecular weight is 281 g/mol. The van der Waals surface area contributed by atoms with Gasteiger partial charge in [0.05, 0.1) is 6.10 Å². The van der Waals surface area contributed by atoms with E-state index < -0.39 is 0 Å². The Bertz CT molecular complexity index is 383. The van der Waals surface area contributed by atoms with Crippen molar-refractivity contribution in [3.8, 4) is 0 Å². The Morgan fingerprint density at radius 2 is 1.89 bits per heavy atom. The van der Waals surface area contributed by atoms with E-state index in [1.165, 1.54) is 32.1 Å². The van der Waals surface area contributed by atoms with Crippen molar-refractivity contribution >= 4 is 11.6 Å². The molecule has 1 fully saturated rings. The van der Waals surface area contributed by atoms with Crippen LogP contribution in [0.1, 0.15) is 63.5 Å². The maximum absolute atomic E-state index is 10.5. The van der Waals surface area contributed by atoms with E-state index in [1.807, 2.05) is 24.3 Å². The third-order valence-corrected chi connectivity index (χ3v) is 4.87. The number of unbranched alkanes of at least 4 members (excludes halogenated alkanes) is 1. The van der Waals surface area contributed by atoms with Crippen LogP contribution >= 0.6 is 11.6 Å². The molecule has 106 valence electrons. The predicted molar refractivity (Wildman–Crippen MR) is 81.4 cm³/mol. The zero-order valence-electron chi connectivity index (χ0n) is 11.8. The third kappa shape index (κ3) is 3.97. The van der Waals surface area contributed by atoms with Gasteiger partial charge in [0.2, 0.25) is 0 Å². The SMILES string of the molecule is CCCCC1CCC(C(O)c2ccccc2Cl)CC1. The topological polar surface area (TPSA) is 20.2 Å². The minimum Gasteiger partial charge on any atom is -0.388 e. The van der Waals surface area contributed by atoms with Crippen LogP contribution in [0.4, 0.5) is 0 Å². The highest BCUT2D eigenvalue weighted by molar-refractivity contribution is 6.31. The molecular formula is C17H25ClO. The molecule has 0 saturated heterocycles. The van der Waals surface area contributed by atoms with E-state index in [0.717, 1.165) is 24.3 Å². The zero-order valence-corrected chi connectivity index (χ0v) is 12.6. The van der Waals surface area contributed by atoms with Gasteiger partial charge in [-0.05, 0) is 36.3 Å². The normalized spacial score (nSPS) is 25.2. The second-order valence-corrected chi connectivity index (χ2v) is 6.30. The van der Waals surface area contributed by atoms with E-state index in [-0.39, 0.29) is 6.10 Å². The van der Waals surface area contributed by atoms with Crippen LogP contribution in [0, 0.1) is 11.8 Å². The summed E-state index contributed by atoms with van der Waals surface area (Å²) in [4.78, 5) is 0. The Morgan fingerprint density at radius 1 is 1.21 bits per heavy atom. The molecule has 0 aromatic heterocycles. The number of hydrogen-bond donors (Lipinski definition) is 1. The van der Waals surface area contributed by atoms with Crippen LogP contribution in [0.15, 0.2) is 24.3 Å². The van der Waals surface area contributed by atoms with Crippen LogP contribution in [0.5, 0.6) is 0 Å². The van der Waals surface area contributed by atoms with Gasteiger partial charge >= 0.3 is 0 Å². The molecule has 2 rings (SSSR count). The minimum atomic E-state index is -0.388. The van der Waals surface area contributed by atoms with Crippen molar-refractivity contribution in [2.75, 3.05) is 0 Å². The summed E-state index contributed by atoms with van der Waals surface area (Å²) in [6.07, 6.45) is 8.44. The van der Waals surface area contributed by atoms with Crippen LogP contribution < -0.4 is 0 Å². The maximum atomic E-state index is 10.5. The van der Waals surface area contributed by atoms with Crippen molar-refractivity contribution < 1.29 is 5.11 Å². The lowest BCUT2D eigenvalue weighted by molar-refractivity contribution is 0.0721. The molecule has 19 heavy (non-hydrogen) atoms. The zero-order chi connectivity index (χ0) is 13.7. The Morgan fingerprint density at radius 3 is 2.53 bits per heavy atom.